The molecule has 8 heteroatoms. The summed E-state index contributed by atoms with van der Waals surface area (Å²) in [6, 6.07) is 15.8. The number of nitrogen functional groups attached to an aromatic ring is 1. The summed E-state index contributed by atoms with van der Waals surface area (Å²) in [6.07, 6.45) is 0. The first-order chi connectivity index (χ1) is 14.3. The Balaban J connectivity index is 1.74. The van der Waals surface area contributed by atoms with Gasteiger partial charge in [0.05, 0.1) is 5.25 Å². The van der Waals surface area contributed by atoms with Crippen molar-refractivity contribution < 1.29 is 4.79 Å². The number of para-hydroxylation sites is 1. The van der Waals surface area contributed by atoms with Crippen LogP contribution < -0.4 is 16.1 Å². The highest BCUT2D eigenvalue weighted by molar-refractivity contribution is 8.00. The van der Waals surface area contributed by atoms with Gasteiger partial charge in [-0.2, -0.15) is 0 Å². The first kappa shape index (κ1) is 21.7. The highest BCUT2D eigenvalue weighted by Crippen LogP contribution is 2.28. The van der Waals surface area contributed by atoms with E-state index in [9.17, 15) is 4.79 Å². The second-order valence-corrected chi connectivity index (χ2v) is 8.92. The van der Waals surface area contributed by atoms with Gasteiger partial charge < -0.3 is 16.1 Å². The topological polar surface area (TPSA) is 89.1 Å². The van der Waals surface area contributed by atoms with Gasteiger partial charge in [-0.15, -0.1) is 10.2 Å². The molecule has 0 saturated heterocycles. The average Bonchev–Trinajstić information content (AvgIpc) is 3.08. The van der Waals surface area contributed by atoms with Crippen LogP contribution in [0.5, 0.6) is 0 Å². The molecule has 0 fully saturated rings. The van der Waals surface area contributed by atoms with Crippen molar-refractivity contribution in [2.24, 2.45) is 0 Å². The van der Waals surface area contributed by atoms with Gasteiger partial charge in [0.25, 0.3) is 0 Å². The second kappa shape index (κ2) is 9.21. The molecule has 0 radical (unpaired) electrons. The van der Waals surface area contributed by atoms with E-state index in [2.05, 4.69) is 29.4 Å². The molecular formula is C22H28N6OS. The Morgan fingerprint density at radius 3 is 2.53 bits per heavy atom. The van der Waals surface area contributed by atoms with E-state index in [4.69, 9.17) is 5.84 Å². The van der Waals surface area contributed by atoms with Gasteiger partial charge in [0, 0.05) is 31.0 Å². The number of carbonyl (C=O) groups is 1. The number of nitrogens with two attached hydrogens (primary N) is 1. The fraction of sp³-hybridized carbons (Fsp3) is 0.318. The molecule has 0 saturated carbocycles. The molecule has 0 aliphatic rings. The predicted octanol–water partition coefficient (Wildman–Crippen LogP) is 3.97. The average molecular weight is 425 g/mol. The molecule has 30 heavy (non-hydrogen) atoms. The van der Waals surface area contributed by atoms with Crippen LogP contribution in [0.15, 0.2) is 53.7 Å². The molecule has 0 aliphatic heterocycles. The largest absolute Gasteiger partial charge is 0.378 e. The summed E-state index contributed by atoms with van der Waals surface area (Å²) >= 11 is 1.28. The Kier molecular flexibility index (Phi) is 6.66. The molecule has 3 N–H and O–H groups in total. The molecule has 1 atom stereocenters. The number of benzene rings is 2. The highest BCUT2D eigenvalue weighted by Gasteiger charge is 2.21. The number of nitrogens with zero attached hydrogens (tertiary/aromatic N) is 4. The van der Waals surface area contributed by atoms with Gasteiger partial charge in [0.1, 0.15) is 0 Å². The molecule has 1 unspecified atom stereocenters. The lowest BCUT2D eigenvalue weighted by Crippen LogP contribution is -2.24. The molecule has 1 heterocycles. The van der Waals surface area contributed by atoms with Crippen LogP contribution in [0.2, 0.25) is 0 Å². The van der Waals surface area contributed by atoms with Gasteiger partial charge in [0.15, 0.2) is 5.82 Å². The van der Waals surface area contributed by atoms with Crippen molar-refractivity contribution in [3.8, 4) is 11.4 Å². The van der Waals surface area contributed by atoms with Gasteiger partial charge in [-0.05, 0) is 36.6 Å². The van der Waals surface area contributed by atoms with Crippen LogP contribution in [0.3, 0.4) is 0 Å². The number of hydrogen-bond acceptors (Lipinski definition) is 6. The number of amides is 1. The number of nitrogens with one attached hydrogen (secondary N) is 1. The van der Waals surface area contributed by atoms with Gasteiger partial charge in [-0.3, -0.25) is 4.79 Å². The molecule has 0 spiro atoms. The van der Waals surface area contributed by atoms with Crippen molar-refractivity contribution in [2.45, 2.75) is 37.1 Å². The lowest BCUT2D eigenvalue weighted by atomic mass is 10.0. The first-order valence-corrected chi connectivity index (χ1v) is 10.7. The number of carbonyl (C=O) groups excluding carboxylic acids is 1. The zero-order chi connectivity index (χ0) is 21.8. The van der Waals surface area contributed by atoms with E-state index >= 15 is 0 Å². The van der Waals surface area contributed by atoms with Crippen molar-refractivity contribution in [3.05, 3.63) is 54.1 Å². The zero-order valence-electron chi connectivity index (χ0n) is 18.0. The van der Waals surface area contributed by atoms with Crippen LogP contribution in [0, 0.1) is 0 Å². The molecule has 0 bridgehead atoms. The lowest BCUT2D eigenvalue weighted by Gasteiger charge is -2.16. The van der Waals surface area contributed by atoms with Crippen molar-refractivity contribution >= 4 is 29.0 Å². The smallest absolute Gasteiger partial charge is 0.237 e. The molecule has 1 aromatic heterocycles. The zero-order valence-corrected chi connectivity index (χ0v) is 18.8. The molecule has 3 aromatic rings. The third-order valence-corrected chi connectivity index (χ3v) is 5.83. The maximum atomic E-state index is 12.8. The van der Waals surface area contributed by atoms with Crippen molar-refractivity contribution in [2.75, 3.05) is 30.2 Å². The van der Waals surface area contributed by atoms with E-state index in [1.165, 1.54) is 16.4 Å². The van der Waals surface area contributed by atoms with Gasteiger partial charge >= 0.3 is 0 Å². The van der Waals surface area contributed by atoms with Crippen LogP contribution in [0.25, 0.3) is 11.4 Å². The van der Waals surface area contributed by atoms with Crippen molar-refractivity contribution in [1.82, 2.24) is 14.9 Å². The van der Waals surface area contributed by atoms with Crippen molar-refractivity contribution in [1.29, 1.82) is 0 Å². The number of aromatic nitrogens is 3. The maximum absolute atomic E-state index is 12.8. The Morgan fingerprint density at radius 1 is 1.10 bits per heavy atom. The molecule has 1 amide bonds. The Morgan fingerprint density at radius 2 is 1.83 bits per heavy atom. The molecule has 2 aromatic carbocycles. The maximum Gasteiger partial charge on any atom is 0.237 e. The highest BCUT2D eigenvalue weighted by atomic mass is 32.2. The summed E-state index contributed by atoms with van der Waals surface area (Å²) in [5, 5.41) is 11.6. The summed E-state index contributed by atoms with van der Waals surface area (Å²) in [5.74, 6) is 7.02. The summed E-state index contributed by atoms with van der Waals surface area (Å²) in [7, 11) is 3.95. The quantitative estimate of drug-likeness (QED) is 0.441. The van der Waals surface area contributed by atoms with E-state index in [0.29, 0.717) is 16.9 Å². The van der Waals surface area contributed by atoms with Crippen LogP contribution in [-0.2, 0) is 4.79 Å². The SMILES string of the molecule is CC(Sc1nnc(-c2cccc(N(C)C)c2)n1N)C(=O)Nc1ccccc1C(C)C. The normalized spacial score (nSPS) is 12.1. The van der Waals surface area contributed by atoms with E-state index in [1.54, 1.807) is 0 Å². The minimum absolute atomic E-state index is 0.104. The fourth-order valence-corrected chi connectivity index (χ4v) is 3.81. The minimum Gasteiger partial charge on any atom is -0.378 e. The summed E-state index contributed by atoms with van der Waals surface area (Å²) in [5.41, 5.74) is 3.85. The Bertz CT molecular complexity index is 1030. The number of anilines is 2. The van der Waals surface area contributed by atoms with Crippen LogP contribution in [0.4, 0.5) is 11.4 Å². The molecule has 7 nitrogen and oxygen atoms in total. The van der Waals surface area contributed by atoms with E-state index < -0.39 is 5.25 Å². The fourth-order valence-electron chi connectivity index (χ4n) is 3.04. The summed E-state index contributed by atoms with van der Waals surface area (Å²) in [4.78, 5) is 14.8. The van der Waals surface area contributed by atoms with E-state index in [0.717, 1.165) is 22.5 Å². The summed E-state index contributed by atoms with van der Waals surface area (Å²) < 4.78 is 1.44. The van der Waals surface area contributed by atoms with Gasteiger partial charge in [-0.1, -0.05) is 55.9 Å². The van der Waals surface area contributed by atoms with E-state index in [-0.39, 0.29) is 5.91 Å². The third kappa shape index (κ3) is 4.76. The molecule has 158 valence electrons. The monoisotopic (exact) mass is 424 g/mol. The Hall–Kier alpha value is -3.00. The van der Waals surface area contributed by atoms with Crippen LogP contribution in [0.1, 0.15) is 32.3 Å². The van der Waals surface area contributed by atoms with Gasteiger partial charge in [0.2, 0.25) is 11.1 Å². The third-order valence-electron chi connectivity index (χ3n) is 4.78. The predicted molar refractivity (Wildman–Crippen MR) is 124 cm³/mol. The van der Waals surface area contributed by atoms with Gasteiger partial charge in [-0.25, -0.2) is 4.68 Å². The second-order valence-electron chi connectivity index (χ2n) is 7.61. The Labute approximate surface area is 181 Å². The number of rotatable bonds is 7. The summed E-state index contributed by atoms with van der Waals surface area (Å²) in [6.45, 7) is 6.04. The number of thioether (sulfide) groups is 1. The van der Waals surface area contributed by atoms with E-state index in [1.807, 2.05) is 74.4 Å². The van der Waals surface area contributed by atoms with Crippen molar-refractivity contribution in [3.63, 3.8) is 0 Å². The standard InChI is InChI=1S/C22H28N6OS/c1-14(2)18-11-6-7-12-19(18)24-21(29)15(3)30-22-26-25-20(28(22)23)16-9-8-10-17(13-16)27(4)5/h6-15H,23H2,1-5H3,(H,24,29). The first-order valence-electron chi connectivity index (χ1n) is 9.82. The van der Waals surface area contributed by atoms with Crippen LogP contribution >= 0.6 is 11.8 Å². The molecule has 0 aliphatic carbocycles. The van der Waals surface area contributed by atoms with Crippen LogP contribution in [-0.4, -0.2) is 40.1 Å². The molecule has 3 rings (SSSR count). The minimum atomic E-state index is -0.391. The molecular weight excluding hydrogens is 396 g/mol. The lowest BCUT2D eigenvalue weighted by molar-refractivity contribution is -0.115. The number of hydrogen-bond donors (Lipinski definition) is 2.